The van der Waals surface area contributed by atoms with Crippen LogP contribution < -0.4 is 5.73 Å². The maximum Gasteiger partial charge on any atom is 0.240 e. The van der Waals surface area contributed by atoms with Crippen LogP contribution in [0.2, 0.25) is 0 Å². The van der Waals surface area contributed by atoms with Crippen LogP contribution in [0.25, 0.3) is 0 Å². The molecule has 1 nitrogen and oxygen atoms in total. The molecule has 0 fully saturated rings. The first kappa shape index (κ1) is 14.2. The Morgan fingerprint density at radius 2 is 1.53 bits per heavy atom. The number of halogens is 5. The van der Waals surface area contributed by atoms with Crippen molar-refractivity contribution in [2.75, 3.05) is 0 Å². The van der Waals surface area contributed by atoms with E-state index in [0.717, 1.165) is 12.1 Å². The van der Waals surface area contributed by atoms with Crippen LogP contribution in [-0.4, -0.2) is 6.43 Å². The molecule has 0 aromatic heterocycles. The SMILES string of the molecule is Cl.N[C@@H](CC(F)F)c1cc(F)cc(F)c1. The van der Waals surface area contributed by atoms with Crippen LogP contribution >= 0.6 is 12.4 Å². The van der Waals surface area contributed by atoms with Crippen molar-refractivity contribution in [3.63, 3.8) is 0 Å². The highest BCUT2D eigenvalue weighted by atomic mass is 35.5. The van der Waals surface area contributed by atoms with Gasteiger partial charge in [0.2, 0.25) is 6.43 Å². The summed E-state index contributed by atoms with van der Waals surface area (Å²) in [5.74, 6) is -1.63. The maximum absolute atomic E-state index is 12.6. The molecule has 1 aromatic carbocycles. The summed E-state index contributed by atoms with van der Waals surface area (Å²) in [6.07, 6.45) is -3.19. The fourth-order valence-corrected chi connectivity index (χ4v) is 1.12. The molecular formula is C9H10ClF4N. The number of nitrogens with two attached hydrogens (primary N) is 1. The minimum atomic E-state index is -2.59. The van der Waals surface area contributed by atoms with E-state index in [4.69, 9.17) is 5.73 Å². The summed E-state index contributed by atoms with van der Waals surface area (Å²) in [4.78, 5) is 0. The van der Waals surface area contributed by atoms with Crippen molar-refractivity contribution in [1.82, 2.24) is 0 Å². The minimum Gasteiger partial charge on any atom is -0.324 e. The van der Waals surface area contributed by atoms with Gasteiger partial charge in [-0.25, -0.2) is 17.6 Å². The summed E-state index contributed by atoms with van der Waals surface area (Å²) in [5.41, 5.74) is 5.36. The highest BCUT2D eigenvalue weighted by Gasteiger charge is 2.14. The van der Waals surface area contributed by atoms with Gasteiger partial charge in [-0.2, -0.15) is 0 Å². The quantitative estimate of drug-likeness (QED) is 0.812. The van der Waals surface area contributed by atoms with E-state index in [9.17, 15) is 17.6 Å². The van der Waals surface area contributed by atoms with E-state index in [1.165, 1.54) is 0 Å². The van der Waals surface area contributed by atoms with Crippen molar-refractivity contribution < 1.29 is 17.6 Å². The largest absolute Gasteiger partial charge is 0.324 e. The van der Waals surface area contributed by atoms with E-state index < -0.39 is 30.5 Å². The lowest BCUT2D eigenvalue weighted by Crippen LogP contribution is -2.14. The molecule has 0 saturated heterocycles. The van der Waals surface area contributed by atoms with Crippen molar-refractivity contribution in [3.05, 3.63) is 35.4 Å². The molecule has 0 aliphatic rings. The number of hydrogen-bond donors (Lipinski definition) is 1. The smallest absolute Gasteiger partial charge is 0.240 e. The molecule has 6 heteroatoms. The minimum absolute atomic E-state index is 0. The van der Waals surface area contributed by atoms with Gasteiger partial charge in [0.25, 0.3) is 0 Å². The van der Waals surface area contributed by atoms with Gasteiger partial charge in [-0.1, -0.05) is 0 Å². The van der Waals surface area contributed by atoms with Crippen molar-refractivity contribution in [3.8, 4) is 0 Å². The zero-order valence-corrected chi connectivity index (χ0v) is 8.41. The molecule has 2 N–H and O–H groups in total. The first-order valence-corrected chi connectivity index (χ1v) is 3.98. The Morgan fingerprint density at radius 1 is 1.07 bits per heavy atom. The second kappa shape index (κ2) is 5.92. The molecule has 15 heavy (non-hydrogen) atoms. The van der Waals surface area contributed by atoms with Gasteiger partial charge in [0.05, 0.1) is 0 Å². The maximum atomic E-state index is 12.6. The third-order valence-corrected chi connectivity index (χ3v) is 1.75. The fourth-order valence-electron chi connectivity index (χ4n) is 1.12. The van der Waals surface area contributed by atoms with Crippen LogP contribution in [-0.2, 0) is 0 Å². The summed E-state index contributed by atoms with van der Waals surface area (Å²) in [6, 6.07) is 1.53. The highest BCUT2D eigenvalue weighted by molar-refractivity contribution is 5.85. The molecule has 0 saturated carbocycles. The number of hydrogen-bond acceptors (Lipinski definition) is 1. The lowest BCUT2D eigenvalue weighted by atomic mass is 10.0. The van der Waals surface area contributed by atoms with Gasteiger partial charge in [0.1, 0.15) is 11.6 Å². The van der Waals surface area contributed by atoms with Crippen LogP contribution in [0.15, 0.2) is 18.2 Å². The molecule has 0 amide bonds. The van der Waals surface area contributed by atoms with Crippen molar-refractivity contribution in [2.45, 2.75) is 18.9 Å². The van der Waals surface area contributed by atoms with E-state index in [0.29, 0.717) is 6.07 Å². The average molecular weight is 244 g/mol. The molecule has 1 aromatic rings. The Morgan fingerprint density at radius 3 is 1.93 bits per heavy atom. The highest BCUT2D eigenvalue weighted by Crippen LogP contribution is 2.19. The Hall–Kier alpha value is -0.810. The number of rotatable bonds is 3. The van der Waals surface area contributed by atoms with E-state index in [-0.39, 0.29) is 18.0 Å². The zero-order valence-electron chi connectivity index (χ0n) is 7.59. The van der Waals surface area contributed by atoms with Gasteiger partial charge in [-0.3, -0.25) is 0 Å². The standard InChI is InChI=1S/C9H9F4N.ClH/c10-6-1-5(2-7(11)3-6)8(14)4-9(12)13;/h1-3,8-9H,4,14H2;1H/t8-;/m0./s1. The fraction of sp³-hybridized carbons (Fsp3) is 0.333. The zero-order chi connectivity index (χ0) is 10.7. The Kier molecular flexibility index (Phi) is 5.60. The van der Waals surface area contributed by atoms with Crippen molar-refractivity contribution in [1.29, 1.82) is 0 Å². The van der Waals surface area contributed by atoms with Gasteiger partial charge < -0.3 is 5.73 Å². The van der Waals surface area contributed by atoms with E-state index in [2.05, 4.69) is 0 Å². The molecule has 0 bridgehead atoms. The molecule has 0 aliphatic heterocycles. The summed E-state index contributed by atoms with van der Waals surface area (Å²) in [5, 5.41) is 0. The van der Waals surface area contributed by atoms with Gasteiger partial charge in [-0.15, -0.1) is 12.4 Å². The first-order valence-electron chi connectivity index (χ1n) is 3.98. The van der Waals surface area contributed by atoms with E-state index in [1.807, 2.05) is 0 Å². The molecule has 0 heterocycles. The summed E-state index contributed by atoms with van der Waals surface area (Å²) >= 11 is 0. The molecule has 0 radical (unpaired) electrons. The normalized spacial score (nSPS) is 12.4. The average Bonchev–Trinajstić information content (AvgIpc) is 2.00. The molecule has 0 unspecified atom stereocenters. The monoisotopic (exact) mass is 243 g/mol. The van der Waals surface area contributed by atoms with Crippen molar-refractivity contribution in [2.24, 2.45) is 5.73 Å². The van der Waals surface area contributed by atoms with Crippen LogP contribution in [0.1, 0.15) is 18.0 Å². The lowest BCUT2D eigenvalue weighted by molar-refractivity contribution is 0.128. The topological polar surface area (TPSA) is 26.0 Å². The van der Waals surface area contributed by atoms with Crippen LogP contribution in [0.5, 0.6) is 0 Å². The predicted octanol–water partition coefficient (Wildman–Crippen LogP) is 3.04. The summed E-state index contributed by atoms with van der Waals surface area (Å²) in [7, 11) is 0. The third kappa shape index (κ3) is 4.48. The Labute approximate surface area is 90.7 Å². The molecule has 1 atom stereocenters. The first-order chi connectivity index (χ1) is 6.49. The number of benzene rings is 1. The molecule has 1 rings (SSSR count). The van der Waals surface area contributed by atoms with Crippen LogP contribution in [0.3, 0.4) is 0 Å². The second-order valence-corrected chi connectivity index (χ2v) is 2.94. The van der Waals surface area contributed by atoms with Gasteiger partial charge in [0.15, 0.2) is 0 Å². The summed E-state index contributed by atoms with van der Waals surface area (Å²) in [6.45, 7) is 0. The van der Waals surface area contributed by atoms with Gasteiger partial charge in [0, 0.05) is 18.5 Å². The number of alkyl halides is 2. The third-order valence-electron chi connectivity index (χ3n) is 1.75. The van der Waals surface area contributed by atoms with E-state index >= 15 is 0 Å². The van der Waals surface area contributed by atoms with E-state index in [1.54, 1.807) is 0 Å². The predicted molar refractivity (Wildman–Crippen MR) is 51.2 cm³/mol. The van der Waals surface area contributed by atoms with Crippen molar-refractivity contribution >= 4 is 12.4 Å². The Balaban J connectivity index is 0.00000196. The van der Waals surface area contributed by atoms with Gasteiger partial charge in [-0.05, 0) is 17.7 Å². The Bertz CT molecular complexity index is 299. The summed E-state index contributed by atoms with van der Waals surface area (Å²) < 4.78 is 49.1. The van der Waals surface area contributed by atoms with Crippen LogP contribution in [0.4, 0.5) is 17.6 Å². The molecule has 0 spiro atoms. The van der Waals surface area contributed by atoms with Crippen LogP contribution in [0, 0.1) is 11.6 Å². The molecule has 0 aliphatic carbocycles. The second-order valence-electron chi connectivity index (χ2n) is 2.94. The molecular weight excluding hydrogens is 234 g/mol. The van der Waals surface area contributed by atoms with Gasteiger partial charge >= 0.3 is 0 Å². The molecule has 86 valence electrons. The lowest BCUT2D eigenvalue weighted by Gasteiger charge is -2.11.